The summed E-state index contributed by atoms with van der Waals surface area (Å²) in [7, 11) is -0.754. The number of ether oxygens (including phenoxy) is 2. The first-order valence-corrected chi connectivity index (χ1v) is 11.7. The van der Waals surface area contributed by atoms with E-state index in [1.54, 1.807) is 36.4 Å². The Morgan fingerprint density at radius 3 is 2.24 bits per heavy atom. The topological polar surface area (TPSA) is 77.8 Å². The molecule has 0 amide bonds. The summed E-state index contributed by atoms with van der Waals surface area (Å²) in [5.74, 6) is 0.505. The average Bonchev–Trinajstić information content (AvgIpc) is 3.14. The predicted octanol–water partition coefficient (Wildman–Crippen LogP) is 4.39. The number of aromatic nitrogens is 1. The first kappa shape index (κ1) is 22.4. The van der Waals surface area contributed by atoms with Gasteiger partial charge >= 0.3 is 5.97 Å². The molecule has 0 radical (unpaired) electrons. The standard InChI is InChI=1S/C25H24N2O5S/c1-18-16-19-6-4-5-7-24(19)27(18)17-25(28)32-22-10-8-20(9-11-22)26(2)33(29,30)23-14-12-21(31-3)13-15-23/h4-16H,17H2,1-3H3. The van der Waals surface area contributed by atoms with E-state index in [-0.39, 0.29) is 11.4 Å². The molecule has 1 aromatic heterocycles. The van der Waals surface area contributed by atoms with Gasteiger partial charge in [0.2, 0.25) is 0 Å². The normalized spacial score (nSPS) is 11.4. The minimum atomic E-state index is -3.75. The van der Waals surface area contributed by atoms with Gasteiger partial charge in [-0.15, -0.1) is 0 Å². The van der Waals surface area contributed by atoms with Crippen LogP contribution in [-0.2, 0) is 21.4 Å². The van der Waals surface area contributed by atoms with Crippen molar-refractivity contribution in [3.8, 4) is 11.5 Å². The quantitative estimate of drug-likeness (QED) is 0.299. The molecule has 0 fully saturated rings. The first-order valence-electron chi connectivity index (χ1n) is 10.3. The Balaban J connectivity index is 1.46. The Bertz CT molecular complexity index is 1390. The second-order valence-electron chi connectivity index (χ2n) is 7.55. The van der Waals surface area contributed by atoms with Crippen LogP contribution in [0.15, 0.2) is 83.8 Å². The van der Waals surface area contributed by atoms with Crippen molar-refractivity contribution in [2.45, 2.75) is 18.4 Å². The number of carbonyl (C=O) groups excluding carboxylic acids is 1. The molecule has 0 saturated carbocycles. The molecule has 0 unspecified atom stereocenters. The molecule has 0 aliphatic heterocycles. The van der Waals surface area contributed by atoms with Crippen molar-refractivity contribution in [3.63, 3.8) is 0 Å². The minimum absolute atomic E-state index is 0.0762. The molecule has 0 saturated heterocycles. The number of esters is 1. The summed E-state index contributed by atoms with van der Waals surface area (Å²) in [4.78, 5) is 12.7. The molecule has 0 aliphatic rings. The van der Waals surface area contributed by atoms with Gasteiger partial charge in [-0.1, -0.05) is 18.2 Å². The molecule has 170 valence electrons. The van der Waals surface area contributed by atoms with Gasteiger partial charge in [0.1, 0.15) is 18.0 Å². The maximum Gasteiger partial charge on any atom is 0.331 e. The molecule has 0 bridgehead atoms. The lowest BCUT2D eigenvalue weighted by atomic mass is 10.2. The van der Waals surface area contributed by atoms with Gasteiger partial charge in [-0.05, 0) is 73.0 Å². The Morgan fingerprint density at radius 2 is 1.58 bits per heavy atom. The van der Waals surface area contributed by atoms with Crippen LogP contribution in [0.4, 0.5) is 5.69 Å². The molecular formula is C25H24N2O5S. The van der Waals surface area contributed by atoms with E-state index in [1.165, 1.54) is 30.6 Å². The highest BCUT2D eigenvalue weighted by molar-refractivity contribution is 7.92. The first-order chi connectivity index (χ1) is 15.8. The monoisotopic (exact) mass is 464 g/mol. The van der Waals surface area contributed by atoms with E-state index in [2.05, 4.69) is 0 Å². The molecule has 8 heteroatoms. The maximum atomic E-state index is 12.9. The van der Waals surface area contributed by atoms with Crippen LogP contribution in [0.2, 0.25) is 0 Å². The number of hydrogen-bond acceptors (Lipinski definition) is 5. The zero-order valence-electron chi connectivity index (χ0n) is 18.6. The third kappa shape index (κ3) is 4.56. The van der Waals surface area contributed by atoms with Gasteiger partial charge in [-0.3, -0.25) is 4.31 Å². The SMILES string of the molecule is COc1ccc(S(=O)(=O)N(C)c2ccc(OC(=O)Cn3c(C)cc4ccccc43)cc2)cc1. The number of anilines is 1. The number of fused-ring (bicyclic) bond motifs is 1. The van der Waals surface area contributed by atoms with Crippen molar-refractivity contribution < 1.29 is 22.7 Å². The van der Waals surface area contributed by atoms with Gasteiger partial charge in [0.15, 0.2) is 0 Å². The molecule has 1 heterocycles. The van der Waals surface area contributed by atoms with Gasteiger partial charge < -0.3 is 14.0 Å². The Morgan fingerprint density at radius 1 is 0.939 bits per heavy atom. The van der Waals surface area contributed by atoms with Crippen LogP contribution in [0.25, 0.3) is 10.9 Å². The van der Waals surface area contributed by atoms with E-state index in [0.717, 1.165) is 16.6 Å². The number of methoxy groups -OCH3 is 1. The number of aryl methyl sites for hydroxylation is 1. The summed E-state index contributed by atoms with van der Waals surface area (Å²) in [5, 5.41) is 1.06. The summed E-state index contributed by atoms with van der Waals surface area (Å²) in [6.45, 7) is 2.02. The minimum Gasteiger partial charge on any atom is -0.497 e. The summed E-state index contributed by atoms with van der Waals surface area (Å²) in [5.41, 5.74) is 2.37. The molecule has 0 spiro atoms. The average molecular weight is 465 g/mol. The fourth-order valence-electron chi connectivity index (χ4n) is 3.62. The summed E-state index contributed by atoms with van der Waals surface area (Å²) >= 11 is 0. The van der Waals surface area contributed by atoms with E-state index < -0.39 is 16.0 Å². The number of rotatable bonds is 7. The summed E-state index contributed by atoms with van der Waals surface area (Å²) in [6.07, 6.45) is 0. The number of benzene rings is 3. The van der Waals surface area contributed by atoms with Gasteiger partial charge in [-0.25, -0.2) is 13.2 Å². The third-order valence-electron chi connectivity index (χ3n) is 5.45. The molecule has 7 nitrogen and oxygen atoms in total. The highest BCUT2D eigenvalue weighted by atomic mass is 32.2. The highest BCUT2D eigenvalue weighted by Gasteiger charge is 2.21. The lowest BCUT2D eigenvalue weighted by Crippen LogP contribution is -2.26. The molecular weight excluding hydrogens is 440 g/mol. The number of carbonyl (C=O) groups is 1. The molecule has 0 N–H and O–H groups in total. The molecule has 0 aliphatic carbocycles. The fourth-order valence-corrected chi connectivity index (χ4v) is 4.82. The molecule has 4 aromatic rings. The van der Waals surface area contributed by atoms with Crippen LogP contribution in [0.5, 0.6) is 11.5 Å². The fraction of sp³-hybridized carbons (Fsp3) is 0.160. The molecule has 3 aromatic carbocycles. The molecule has 0 atom stereocenters. The highest BCUT2D eigenvalue weighted by Crippen LogP contribution is 2.26. The lowest BCUT2D eigenvalue weighted by Gasteiger charge is -2.20. The smallest absolute Gasteiger partial charge is 0.331 e. The van der Waals surface area contributed by atoms with Crippen molar-refractivity contribution in [2.75, 3.05) is 18.5 Å². The van der Waals surface area contributed by atoms with Crippen molar-refractivity contribution in [1.82, 2.24) is 4.57 Å². The van der Waals surface area contributed by atoms with Gasteiger partial charge in [0.05, 0.1) is 17.7 Å². The van der Waals surface area contributed by atoms with Crippen molar-refractivity contribution in [2.24, 2.45) is 0 Å². The Labute approximate surface area is 192 Å². The zero-order valence-corrected chi connectivity index (χ0v) is 19.4. The third-order valence-corrected chi connectivity index (χ3v) is 7.25. The van der Waals surface area contributed by atoms with Gasteiger partial charge in [-0.2, -0.15) is 0 Å². The Kier molecular flexibility index (Phi) is 6.11. The van der Waals surface area contributed by atoms with Crippen LogP contribution < -0.4 is 13.8 Å². The number of sulfonamides is 1. The number of para-hydroxylation sites is 1. The van der Waals surface area contributed by atoms with Crippen LogP contribution in [0, 0.1) is 6.92 Å². The number of nitrogens with zero attached hydrogens (tertiary/aromatic N) is 2. The Hall–Kier alpha value is -3.78. The van der Waals surface area contributed by atoms with E-state index in [9.17, 15) is 13.2 Å². The van der Waals surface area contributed by atoms with Crippen LogP contribution in [-0.4, -0.2) is 33.1 Å². The van der Waals surface area contributed by atoms with Gasteiger partial charge in [0.25, 0.3) is 10.0 Å². The summed E-state index contributed by atoms with van der Waals surface area (Å²) in [6, 6.07) is 22.4. The van der Waals surface area contributed by atoms with Crippen LogP contribution in [0.3, 0.4) is 0 Å². The van der Waals surface area contributed by atoms with Crippen molar-refractivity contribution >= 4 is 32.6 Å². The van der Waals surface area contributed by atoms with E-state index in [1.807, 2.05) is 41.8 Å². The van der Waals surface area contributed by atoms with E-state index in [0.29, 0.717) is 17.2 Å². The summed E-state index contributed by atoms with van der Waals surface area (Å²) < 4.78 is 39.5. The molecule has 4 rings (SSSR count). The van der Waals surface area contributed by atoms with E-state index in [4.69, 9.17) is 9.47 Å². The second kappa shape index (κ2) is 8.99. The predicted molar refractivity (Wildman–Crippen MR) is 127 cm³/mol. The maximum absolute atomic E-state index is 12.9. The zero-order chi connectivity index (χ0) is 23.6. The molecule has 33 heavy (non-hydrogen) atoms. The van der Waals surface area contributed by atoms with E-state index >= 15 is 0 Å². The van der Waals surface area contributed by atoms with Gasteiger partial charge in [0, 0.05) is 18.3 Å². The number of hydrogen-bond donors (Lipinski definition) is 0. The lowest BCUT2D eigenvalue weighted by molar-refractivity contribution is -0.135. The van der Waals surface area contributed by atoms with Crippen molar-refractivity contribution in [1.29, 1.82) is 0 Å². The van der Waals surface area contributed by atoms with Crippen molar-refractivity contribution in [3.05, 3.63) is 84.6 Å². The largest absolute Gasteiger partial charge is 0.497 e. The van der Waals surface area contributed by atoms with Crippen LogP contribution in [0.1, 0.15) is 5.69 Å². The second-order valence-corrected chi connectivity index (χ2v) is 9.52. The van der Waals surface area contributed by atoms with Crippen LogP contribution >= 0.6 is 0 Å².